The molecule has 0 bridgehead atoms. The fraction of sp³-hybridized carbons (Fsp3) is 0.100. The van der Waals surface area contributed by atoms with Crippen molar-refractivity contribution < 1.29 is 18.8 Å². The van der Waals surface area contributed by atoms with E-state index in [0.29, 0.717) is 34.2 Å². The molecule has 7 heteroatoms. The van der Waals surface area contributed by atoms with Crippen molar-refractivity contribution in [3.8, 4) is 5.75 Å². The molecule has 1 aliphatic rings. The molecule has 0 saturated heterocycles. The highest BCUT2D eigenvalue weighted by Crippen LogP contribution is 2.26. The Bertz CT molecular complexity index is 1050. The number of aryl methyl sites for hydroxylation is 1. The molecule has 2 amide bonds. The third-order valence-electron chi connectivity index (χ3n) is 4.06. The third-order valence-corrected chi connectivity index (χ3v) is 4.06. The second kappa shape index (κ2) is 6.87. The van der Waals surface area contributed by atoms with Crippen molar-refractivity contribution in [1.29, 1.82) is 0 Å². The van der Waals surface area contributed by atoms with Crippen molar-refractivity contribution in [2.24, 2.45) is 0 Å². The van der Waals surface area contributed by atoms with Crippen LogP contribution in [0.2, 0.25) is 0 Å². The summed E-state index contributed by atoms with van der Waals surface area (Å²) in [6.07, 6.45) is 1.74. The number of amides is 2. The van der Waals surface area contributed by atoms with E-state index in [0.717, 1.165) is 5.56 Å². The van der Waals surface area contributed by atoms with Gasteiger partial charge in [0.2, 0.25) is 11.7 Å². The predicted molar refractivity (Wildman–Crippen MR) is 96.6 cm³/mol. The number of hydrogen-bond acceptors (Lipinski definition) is 6. The molecule has 1 aliphatic heterocycles. The van der Waals surface area contributed by atoms with Gasteiger partial charge in [0.1, 0.15) is 5.75 Å². The van der Waals surface area contributed by atoms with Crippen LogP contribution in [0.15, 0.2) is 53.1 Å². The molecule has 0 unspecified atom stereocenters. The van der Waals surface area contributed by atoms with Gasteiger partial charge in [-0.25, -0.2) is 0 Å². The van der Waals surface area contributed by atoms with Gasteiger partial charge in [-0.15, -0.1) is 0 Å². The second-order valence-electron chi connectivity index (χ2n) is 5.97. The van der Waals surface area contributed by atoms with Gasteiger partial charge in [0.25, 0.3) is 11.8 Å². The molecule has 1 aromatic heterocycles. The largest absolute Gasteiger partial charge is 0.485 e. The number of carbonyl (C=O) groups is 2. The Morgan fingerprint density at radius 3 is 2.48 bits per heavy atom. The second-order valence-corrected chi connectivity index (χ2v) is 5.97. The molecule has 0 saturated carbocycles. The zero-order chi connectivity index (χ0) is 18.8. The molecule has 0 fully saturated rings. The summed E-state index contributed by atoms with van der Waals surface area (Å²) < 4.78 is 10.5. The lowest BCUT2D eigenvalue weighted by atomic mass is 9.93. The van der Waals surface area contributed by atoms with E-state index >= 15 is 0 Å². The molecule has 2 aromatic carbocycles. The lowest BCUT2D eigenvalue weighted by molar-refractivity contribution is -0.114. The van der Waals surface area contributed by atoms with Gasteiger partial charge in [-0.3, -0.25) is 14.9 Å². The van der Waals surface area contributed by atoms with Crippen molar-refractivity contribution in [2.75, 3.05) is 0 Å². The minimum absolute atomic E-state index is 0.204. The van der Waals surface area contributed by atoms with E-state index in [4.69, 9.17) is 9.26 Å². The van der Waals surface area contributed by atoms with Gasteiger partial charge in [-0.05, 0) is 35.4 Å². The Labute approximate surface area is 154 Å². The van der Waals surface area contributed by atoms with Crippen LogP contribution in [0.3, 0.4) is 0 Å². The number of hydrogen-bond donors (Lipinski definition) is 1. The van der Waals surface area contributed by atoms with E-state index in [1.807, 2.05) is 12.1 Å². The summed E-state index contributed by atoms with van der Waals surface area (Å²) in [4.78, 5) is 28.3. The number of benzene rings is 2. The minimum atomic E-state index is -0.411. The quantitative estimate of drug-likeness (QED) is 0.567. The first kappa shape index (κ1) is 16.7. The number of carbonyl (C=O) groups excluding carboxylic acids is 2. The molecule has 4 rings (SSSR count). The van der Waals surface area contributed by atoms with E-state index < -0.39 is 5.91 Å². The highest BCUT2D eigenvalue weighted by atomic mass is 16.5. The van der Waals surface area contributed by atoms with Crippen LogP contribution in [-0.4, -0.2) is 22.0 Å². The number of rotatable bonds is 4. The third kappa shape index (κ3) is 3.48. The van der Waals surface area contributed by atoms with Crippen molar-refractivity contribution in [3.63, 3.8) is 0 Å². The van der Waals surface area contributed by atoms with E-state index in [-0.39, 0.29) is 12.5 Å². The summed E-state index contributed by atoms with van der Waals surface area (Å²) in [5.41, 5.74) is 2.37. The van der Waals surface area contributed by atoms with E-state index in [1.165, 1.54) is 0 Å². The maximum absolute atomic E-state index is 12.3. The normalized spacial score (nSPS) is 14.8. The highest BCUT2D eigenvalue weighted by molar-refractivity contribution is 6.33. The van der Waals surface area contributed by atoms with Gasteiger partial charge in [-0.2, -0.15) is 4.98 Å². The number of aromatic nitrogens is 2. The first-order valence-electron chi connectivity index (χ1n) is 8.29. The first-order chi connectivity index (χ1) is 13.1. The lowest BCUT2D eigenvalue weighted by Crippen LogP contribution is -2.36. The number of ether oxygens (including phenoxy) is 1. The van der Waals surface area contributed by atoms with Crippen LogP contribution >= 0.6 is 0 Å². The summed E-state index contributed by atoms with van der Waals surface area (Å²) in [5, 5.41) is 6.13. The maximum atomic E-state index is 12.3. The van der Waals surface area contributed by atoms with Gasteiger partial charge in [0.15, 0.2) is 6.61 Å². The maximum Gasteiger partial charge on any atom is 0.258 e. The Hall–Kier alpha value is -3.74. The summed E-state index contributed by atoms with van der Waals surface area (Å²) in [5.74, 6) is 0.807. The Kier molecular flexibility index (Phi) is 4.25. The molecule has 0 spiro atoms. The van der Waals surface area contributed by atoms with Crippen LogP contribution in [0.1, 0.15) is 33.2 Å². The average molecular weight is 361 g/mol. The fourth-order valence-corrected chi connectivity index (χ4v) is 2.79. The Morgan fingerprint density at radius 2 is 1.78 bits per heavy atom. The van der Waals surface area contributed by atoms with E-state index in [2.05, 4.69) is 15.5 Å². The highest BCUT2D eigenvalue weighted by Gasteiger charge is 2.26. The summed E-state index contributed by atoms with van der Waals surface area (Å²) in [6.45, 7) is 1.92. The molecule has 0 atom stereocenters. The van der Waals surface area contributed by atoms with Crippen molar-refractivity contribution >= 4 is 23.5 Å². The summed E-state index contributed by atoms with van der Waals surface area (Å²) in [7, 11) is 0. The van der Waals surface area contributed by atoms with Crippen LogP contribution in [-0.2, 0) is 11.4 Å². The first-order valence-corrected chi connectivity index (χ1v) is 8.29. The molecule has 3 aromatic rings. The van der Waals surface area contributed by atoms with Crippen molar-refractivity contribution in [1.82, 2.24) is 15.5 Å². The molecule has 27 heavy (non-hydrogen) atoms. The number of fused-ring (bicyclic) bond motifs is 1. The van der Waals surface area contributed by atoms with Crippen LogP contribution in [0.5, 0.6) is 5.75 Å². The molecular formula is C20H15N3O4. The standard InChI is InChI=1S/C20H15N3O4/c1-12-21-18(23-27-12)11-26-14-8-6-13(7-9-14)10-17-15-4-2-3-5-16(15)19(24)22-20(17)25/h2-10H,11H2,1H3,(H,22,24,25)/b17-10-. The summed E-state index contributed by atoms with van der Waals surface area (Å²) in [6, 6.07) is 14.3. The fourth-order valence-electron chi connectivity index (χ4n) is 2.79. The van der Waals surface area contributed by atoms with Gasteiger partial charge in [0.05, 0.1) is 0 Å². The van der Waals surface area contributed by atoms with Crippen molar-refractivity contribution in [2.45, 2.75) is 13.5 Å². The van der Waals surface area contributed by atoms with Gasteiger partial charge >= 0.3 is 0 Å². The Balaban J connectivity index is 1.54. The minimum Gasteiger partial charge on any atom is -0.485 e. The summed E-state index contributed by atoms with van der Waals surface area (Å²) >= 11 is 0. The zero-order valence-electron chi connectivity index (χ0n) is 14.4. The molecule has 1 N–H and O–H groups in total. The molecule has 2 heterocycles. The van der Waals surface area contributed by atoms with Crippen molar-refractivity contribution in [3.05, 3.63) is 76.9 Å². The zero-order valence-corrected chi connectivity index (χ0v) is 14.4. The van der Waals surface area contributed by atoms with Gasteiger partial charge in [-0.1, -0.05) is 35.5 Å². The molecular weight excluding hydrogens is 346 g/mol. The van der Waals surface area contributed by atoms with Gasteiger partial charge < -0.3 is 9.26 Å². The van der Waals surface area contributed by atoms with E-state index in [9.17, 15) is 9.59 Å². The number of nitrogens with zero attached hydrogens (tertiary/aromatic N) is 2. The monoisotopic (exact) mass is 361 g/mol. The molecule has 0 radical (unpaired) electrons. The topological polar surface area (TPSA) is 94.3 Å². The Morgan fingerprint density at radius 1 is 1.04 bits per heavy atom. The van der Waals surface area contributed by atoms with Crippen LogP contribution in [0.25, 0.3) is 11.6 Å². The molecule has 134 valence electrons. The van der Waals surface area contributed by atoms with E-state index in [1.54, 1.807) is 49.4 Å². The predicted octanol–water partition coefficient (Wildman–Crippen LogP) is 2.77. The lowest BCUT2D eigenvalue weighted by Gasteiger charge is -2.18. The van der Waals surface area contributed by atoms with Crippen LogP contribution in [0, 0.1) is 6.92 Å². The SMILES string of the molecule is Cc1nc(COc2ccc(/C=C3\C(=O)NC(=O)c4ccccc43)cc2)no1. The molecule has 7 nitrogen and oxygen atoms in total. The molecule has 0 aliphatic carbocycles. The number of nitrogens with one attached hydrogen (secondary N) is 1. The van der Waals surface area contributed by atoms with Gasteiger partial charge in [0, 0.05) is 18.1 Å². The van der Waals surface area contributed by atoms with Crippen LogP contribution < -0.4 is 10.1 Å². The average Bonchev–Trinajstić information content (AvgIpc) is 3.10. The smallest absolute Gasteiger partial charge is 0.258 e. The number of imide groups is 1. The van der Waals surface area contributed by atoms with Crippen LogP contribution in [0.4, 0.5) is 0 Å².